The topological polar surface area (TPSA) is 62.7 Å². The molecule has 3 aliphatic rings. The van der Waals surface area contributed by atoms with Crippen molar-refractivity contribution in [1.82, 2.24) is 14.8 Å². The third-order valence-corrected chi connectivity index (χ3v) is 5.44. The molecule has 0 unspecified atom stereocenters. The molecule has 6 nitrogen and oxygen atoms in total. The van der Waals surface area contributed by atoms with Gasteiger partial charge in [-0.15, -0.1) is 0 Å². The third-order valence-electron chi connectivity index (χ3n) is 5.44. The Hall–Kier alpha value is -1.95. The molecule has 4 rings (SSSR count). The fourth-order valence-corrected chi connectivity index (χ4v) is 3.82. The zero-order valence-electron chi connectivity index (χ0n) is 14.5. The van der Waals surface area contributed by atoms with Crippen LogP contribution in [0.4, 0.5) is 0 Å². The van der Waals surface area contributed by atoms with Crippen LogP contribution in [0.25, 0.3) is 0 Å². The monoisotopic (exact) mass is 343 g/mol. The van der Waals surface area contributed by atoms with E-state index in [1.165, 1.54) is 0 Å². The SMILES string of the molecule is O=C([C@@H]1CC(=O)N(C2CC2)C1)N1CCC(OCc2ccccn2)CC1. The lowest BCUT2D eigenvalue weighted by Gasteiger charge is -2.33. The second kappa shape index (κ2) is 7.12. The summed E-state index contributed by atoms with van der Waals surface area (Å²) >= 11 is 0. The molecular formula is C19H25N3O3. The van der Waals surface area contributed by atoms with Gasteiger partial charge in [0, 0.05) is 38.3 Å². The Morgan fingerprint density at radius 2 is 2.00 bits per heavy atom. The first-order chi connectivity index (χ1) is 12.2. The van der Waals surface area contributed by atoms with Gasteiger partial charge in [0.2, 0.25) is 11.8 Å². The van der Waals surface area contributed by atoms with Crippen molar-refractivity contribution in [3.63, 3.8) is 0 Å². The Balaban J connectivity index is 1.23. The van der Waals surface area contributed by atoms with E-state index in [1.54, 1.807) is 6.20 Å². The predicted octanol–water partition coefficient (Wildman–Crippen LogP) is 1.60. The molecule has 1 aromatic heterocycles. The molecule has 2 aliphatic heterocycles. The summed E-state index contributed by atoms with van der Waals surface area (Å²) in [5, 5.41) is 0. The van der Waals surface area contributed by atoms with Crippen LogP contribution in [0.1, 0.15) is 37.8 Å². The Bertz CT molecular complexity index is 624. The van der Waals surface area contributed by atoms with E-state index in [0.717, 1.165) is 44.5 Å². The first kappa shape index (κ1) is 16.5. The fraction of sp³-hybridized carbons (Fsp3) is 0.632. The Kier molecular flexibility index (Phi) is 4.70. The van der Waals surface area contributed by atoms with Crippen molar-refractivity contribution < 1.29 is 14.3 Å². The molecule has 2 amide bonds. The van der Waals surface area contributed by atoms with Crippen LogP contribution < -0.4 is 0 Å². The minimum atomic E-state index is -0.140. The summed E-state index contributed by atoms with van der Waals surface area (Å²) in [6.45, 7) is 2.59. The Morgan fingerprint density at radius 1 is 1.20 bits per heavy atom. The third kappa shape index (κ3) is 3.84. The molecule has 6 heteroatoms. The zero-order valence-corrected chi connectivity index (χ0v) is 14.5. The average Bonchev–Trinajstić information content (AvgIpc) is 3.42. The number of amides is 2. The summed E-state index contributed by atoms with van der Waals surface area (Å²) in [6.07, 6.45) is 6.26. The van der Waals surface area contributed by atoms with Gasteiger partial charge in [0.05, 0.1) is 24.3 Å². The van der Waals surface area contributed by atoms with Gasteiger partial charge in [-0.2, -0.15) is 0 Å². The molecule has 1 saturated carbocycles. The van der Waals surface area contributed by atoms with Gasteiger partial charge in [0.15, 0.2) is 0 Å². The summed E-state index contributed by atoms with van der Waals surface area (Å²) in [4.78, 5) is 32.9. The van der Waals surface area contributed by atoms with Gasteiger partial charge in [-0.05, 0) is 37.8 Å². The number of hydrogen-bond donors (Lipinski definition) is 0. The lowest BCUT2D eigenvalue weighted by Crippen LogP contribution is -2.44. The Labute approximate surface area is 148 Å². The molecule has 3 heterocycles. The molecule has 1 atom stereocenters. The van der Waals surface area contributed by atoms with Crippen LogP contribution in [0.3, 0.4) is 0 Å². The van der Waals surface area contributed by atoms with E-state index in [2.05, 4.69) is 4.98 Å². The molecule has 25 heavy (non-hydrogen) atoms. The highest BCUT2D eigenvalue weighted by Crippen LogP contribution is 2.33. The molecule has 0 N–H and O–H groups in total. The highest BCUT2D eigenvalue weighted by atomic mass is 16.5. The van der Waals surface area contributed by atoms with E-state index in [9.17, 15) is 9.59 Å². The van der Waals surface area contributed by atoms with Crippen molar-refractivity contribution >= 4 is 11.8 Å². The van der Waals surface area contributed by atoms with Crippen molar-refractivity contribution in [3.8, 4) is 0 Å². The minimum Gasteiger partial charge on any atom is -0.372 e. The van der Waals surface area contributed by atoms with Gasteiger partial charge in [-0.1, -0.05) is 6.07 Å². The number of hydrogen-bond acceptors (Lipinski definition) is 4. The van der Waals surface area contributed by atoms with Gasteiger partial charge < -0.3 is 14.5 Å². The number of ether oxygens (including phenoxy) is 1. The number of likely N-dealkylation sites (tertiary alicyclic amines) is 2. The molecule has 1 aromatic rings. The van der Waals surface area contributed by atoms with Crippen LogP contribution in [0, 0.1) is 5.92 Å². The van der Waals surface area contributed by atoms with Crippen LogP contribution in [0.2, 0.25) is 0 Å². The van der Waals surface area contributed by atoms with Crippen LogP contribution in [0.15, 0.2) is 24.4 Å². The number of carbonyl (C=O) groups is 2. The smallest absolute Gasteiger partial charge is 0.227 e. The Morgan fingerprint density at radius 3 is 2.68 bits per heavy atom. The molecule has 1 aliphatic carbocycles. The van der Waals surface area contributed by atoms with Crippen LogP contribution in [0.5, 0.6) is 0 Å². The van der Waals surface area contributed by atoms with Gasteiger partial charge in [0.1, 0.15) is 0 Å². The molecule has 0 bridgehead atoms. The molecule has 0 spiro atoms. The van der Waals surface area contributed by atoms with Crippen molar-refractivity contribution in [2.24, 2.45) is 5.92 Å². The van der Waals surface area contributed by atoms with Gasteiger partial charge in [-0.3, -0.25) is 14.6 Å². The van der Waals surface area contributed by atoms with E-state index in [-0.39, 0.29) is 23.8 Å². The van der Waals surface area contributed by atoms with Gasteiger partial charge in [-0.25, -0.2) is 0 Å². The van der Waals surface area contributed by atoms with Crippen molar-refractivity contribution in [3.05, 3.63) is 30.1 Å². The maximum absolute atomic E-state index is 12.7. The largest absolute Gasteiger partial charge is 0.372 e. The van der Waals surface area contributed by atoms with E-state index < -0.39 is 0 Å². The molecule has 3 fully saturated rings. The van der Waals surface area contributed by atoms with Crippen molar-refractivity contribution in [1.29, 1.82) is 0 Å². The quantitative estimate of drug-likeness (QED) is 0.815. The maximum atomic E-state index is 12.7. The summed E-state index contributed by atoms with van der Waals surface area (Å²) in [7, 11) is 0. The number of carbonyl (C=O) groups excluding carboxylic acids is 2. The first-order valence-electron chi connectivity index (χ1n) is 9.30. The first-order valence-corrected chi connectivity index (χ1v) is 9.30. The predicted molar refractivity (Wildman–Crippen MR) is 91.5 cm³/mol. The van der Waals surface area contributed by atoms with Crippen LogP contribution in [-0.4, -0.2) is 58.4 Å². The van der Waals surface area contributed by atoms with Gasteiger partial charge in [0.25, 0.3) is 0 Å². The zero-order chi connectivity index (χ0) is 17.2. The second-order valence-electron chi connectivity index (χ2n) is 7.34. The summed E-state index contributed by atoms with van der Waals surface area (Å²) in [5.74, 6) is 0.174. The normalized spacial score (nSPS) is 24.8. The molecule has 0 radical (unpaired) electrons. The summed E-state index contributed by atoms with van der Waals surface area (Å²) in [6, 6.07) is 6.23. The van der Waals surface area contributed by atoms with E-state index in [4.69, 9.17) is 4.74 Å². The molecule has 2 saturated heterocycles. The second-order valence-corrected chi connectivity index (χ2v) is 7.34. The number of pyridine rings is 1. The van der Waals surface area contributed by atoms with Gasteiger partial charge >= 0.3 is 0 Å². The lowest BCUT2D eigenvalue weighted by atomic mass is 10.0. The summed E-state index contributed by atoms with van der Waals surface area (Å²) < 4.78 is 5.93. The highest BCUT2D eigenvalue weighted by molar-refractivity contribution is 5.89. The van der Waals surface area contributed by atoms with E-state index >= 15 is 0 Å². The molecular weight excluding hydrogens is 318 g/mol. The van der Waals surface area contributed by atoms with Crippen molar-refractivity contribution in [2.75, 3.05) is 19.6 Å². The van der Waals surface area contributed by atoms with Crippen LogP contribution in [-0.2, 0) is 20.9 Å². The number of aromatic nitrogens is 1. The van der Waals surface area contributed by atoms with E-state index in [0.29, 0.717) is 25.6 Å². The minimum absolute atomic E-state index is 0.140. The lowest BCUT2D eigenvalue weighted by molar-refractivity contribution is -0.138. The standard InChI is InChI=1S/C19H25N3O3/c23-18-11-14(12-22(18)16-4-5-16)19(24)21-9-6-17(7-10-21)25-13-15-3-1-2-8-20-15/h1-3,8,14,16-17H,4-7,9-13H2/t14-/m1/s1. The number of nitrogens with zero attached hydrogens (tertiary/aromatic N) is 3. The number of piperidine rings is 1. The fourth-order valence-electron chi connectivity index (χ4n) is 3.82. The van der Waals surface area contributed by atoms with Crippen molar-refractivity contribution in [2.45, 2.75) is 50.9 Å². The number of rotatable bonds is 5. The average molecular weight is 343 g/mol. The summed E-state index contributed by atoms with van der Waals surface area (Å²) in [5.41, 5.74) is 0.936. The van der Waals surface area contributed by atoms with Crippen LogP contribution >= 0.6 is 0 Å². The molecule has 134 valence electrons. The molecule has 0 aromatic carbocycles. The maximum Gasteiger partial charge on any atom is 0.227 e. The highest BCUT2D eigenvalue weighted by Gasteiger charge is 2.43. The van der Waals surface area contributed by atoms with E-state index in [1.807, 2.05) is 28.0 Å².